The molecule has 0 heterocycles. The van der Waals surface area contributed by atoms with Crippen LogP contribution >= 0.6 is 34.8 Å². The third-order valence-electron chi connectivity index (χ3n) is 6.04. The molecule has 1 aliphatic rings. The minimum Gasteiger partial charge on any atom is -0.396 e. The van der Waals surface area contributed by atoms with E-state index in [0.717, 1.165) is 12.1 Å². The maximum absolute atomic E-state index is 14.1. The molecule has 200 valence electrons. The van der Waals surface area contributed by atoms with Gasteiger partial charge in [-0.3, -0.25) is 9.59 Å². The van der Waals surface area contributed by atoms with Gasteiger partial charge in [0.25, 0.3) is 0 Å². The van der Waals surface area contributed by atoms with Gasteiger partial charge in [-0.2, -0.15) is 13.2 Å². The van der Waals surface area contributed by atoms with Crippen molar-refractivity contribution in [1.82, 2.24) is 0 Å². The molecule has 1 fully saturated rings. The summed E-state index contributed by atoms with van der Waals surface area (Å²) in [6, 6.07) is 7.58. The summed E-state index contributed by atoms with van der Waals surface area (Å²) in [6.07, 6.45) is -5.49. The van der Waals surface area contributed by atoms with Crippen LogP contribution in [0.4, 0.5) is 37.7 Å². The number of alkyl halides is 5. The van der Waals surface area contributed by atoms with Gasteiger partial charge in [-0.15, -0.1) is 23.2 Å². The lowest BCUT2D eigenvalue weighted by molar-refractivity contribution is -0.140. The maximum atomic E-state index is 14.1. The molecule has 1 amide bonds. The fourth-order valence-corrected chi connectivity index (χ4v) is 5.13. The number of carbonyl (C=O) groups excluding carboxylic acids is 2. The predicted octanol–water partition coefficient (Wildman–Crippen LogP) is 7.31. The number of rotatable bonds is 6. The van der Waals surface area contributed by atoms with Gasteiger partial charge in [-0.05, 0) is 47.5 Å². The first-order valence-corrected chi connectivity index (χ1v) is 11.9. The van der Waals surface area contributed by atoms with E-state index in [-0.39, 0.29) is 33.1 Å². The molecular formula is C25H15Cl3F6N2O2. The van der Waals surface area contributed by atoms with Gasteiger partial charge in [0.1, 0.15) is 21.8 Å². The average molecular weight is 596 g/mol. The van der Waals surface area contributed by atoms with E-state index >= 15 is 0 Å². The van der Waals surface area contributed by atoms with Crippen LogP contribution < -0.4 is 11.1 Å². The molecule has 0 aromatic heterocycles. The summed E-state index contributed by atoms with van der Waals surface area (Å²) in [6.45, 7) is 0. The van der Waals surface area contributed by atoms with Gasteiger partial charge in [0.05, 0.1) is 22.2 Å². The van der Waals surface area contributed by atoms with Gasteiger partial charge >= 0.3 is 6.18 Å². The molecule has 3 N–H and O–H groups in total. The molecular weight excluding hydrogens is 581 g/mol. The van der Waals surface area contributed by atoms with Gasteiger partial charge in [0.2, 0.25) is 5.91 Å². The number of hydrogen-bond donors (Lipinski definition) is 2. The number of amides is 1. The molecule has 1 saturated carbocycles. The van der Waals surface area contributed by atoms with Crippen LogP contribution in [0.25, 0.3) is 0 Å². The molecule has 0 aliphatic heterocycles. The largest absolute Gasteiger partial charge is 0.419 e. The maximum Gasteiger partial charge on any atom is 0.419 e. The van der Waals surface area contributed by atoms with Gasteiger partial charge < -0.3 is 11.1 Å². The summed E-state index contributed by atoms with van der Waals surface area (Å²) in [4.78, 5) is 25.7. The van der Waals surface area contributed by atoms with Gasteiger partial charge in [-0.1, -0.05) is 17.7 Å². The number of ketones is 1. The Morgan fingerprint density at radius 3 is 2.29 bits per heavy atom. The molecule has 4 rings (SSSR count). The number of nitrogen functional groups attached to an aromatic ring is 1. The molecule has 0 unspecified atom stereocenters. The van der Waals surface area contributed by atoms with Crippen LogP contribution in [0.15, 0.2) is 48.5 Å². The van der Waals surface area contributed by atoms with Crippen molar-refractivity contribution in [3.8, 4) is 0 Å². The fraction of sp³-hybridized carbons (Fsp3) is 0.200. The summed E-state index contributed by atoms with van der Waals surface area (Å²) in [5.74, 6) is -7.19. The van der Waals surface area contributed by atoms with Crippen LogP contribution in [-0.4, -0.2) is 16.0 Å². The second kappa shape index (κ2) is 9.98. The zero-order chi connectivity index (χ0) is 28.2. The van der Waals surface area contributed by atoms with Crippen LogP contribution in [0.1, 0.15) is 33.0 Å². The van der Waals surface area contributed by atoms with Crippen LogP contribution in [0.5, 0.6) is 0 Å². The zero-order valence-corrected chi connectivity index (χ0v) is 21.0. The number of Topliss-reactive ketones (excluding diaryl/α,β-unsaturated/α-hetero) is 1. The number of nitrogens with two attached hydrogens (primary N) is 1. The Balaban J connectivity index is 1.53. The van der Waals surface area contributed by atoms with Crippen LogP contribution in [0.3, 0.4) is 0 Å². The standard InChI is InChI=1S/C25H15Cl3F6N2O2/c26-15-3-2-12(8-13(15)20(37)7-11-6-19(35)18(31)9-17(11)30)36-23(38)22-21(24(22,27)28)10-1-4-16(29)14(5-10)25(32,33)34/h1-6,8-9,21-22H,7,35H2,(H,36,38)/t21-,22+/m0/s1. The lowest BCUT2D eigenvalue weighted by Gasteiger charge is -2.11. The number of nitrogens with one attached hydrogen (secondary N) is 1. The van der Waals surface area contributed by atoms with Gasteiger partial charge in [0.15, 0.2) is 5.78 Å². The van der Waals surface area contributed by atoms with E-state index in [1.165, 1.54) is 18.2 Å². The average Bonchev–Trinajstić information content (AvgIpc) is 3.40. The van der Waals surface area contributed by atoms with E-state index in [1.54, 1.807) is 0 Å². The van der Waals surface area contributed by atoms with Gasteiger partial charge in [-0.25, -0.2) is 13.2 Å². The molecule has 4 nitrogen and oxygen atoms in total. The lowest BCUT2D eigenvalue weighted by atomic mass is 10.0. The molecule has 13 heteroatoms. The predicted molar refractivity (Wildman–Crippen MR) is 131 cm³/mol. The molecule has 1 aliphatic carbocycles. The van der Waals surface area contributed by atoms with Gasteiger partial charge in [0, 0.05) is 29.7 Å². The highest BCUT2D eigenvalue weighted by Gasteiger charge is 2.67. The van der Waals surface area contributed by atoms with E-state index in [2.05, 4.69) is 5.32 Å². The molecule has 2 atom stereocenters. The van der Waals surface area contributed by atoms with E-state index in [0.29, 0.717) is 18.2 Å². The SMILES string of the molecule is Nc1cc(CC(=O)c2cc(NC(=O)[C@H]3[C@H](c4ccc(F)c(C(F)(F)F)c4)C3(Cl)Cl)ccc2Cl)c(F)cc1F. The molecule has 38 heavy (non-hydrogen) atoms. The van der Waals surface area contributed by atoms with E-state index < -0.39 is 63.5 Å². The Labute approximate surface area is 226 Å². The highest BCUT2D eigenvalue weighted by Crippen LogP contribution is 2.65. The monoisotopic (exact) mass is 594 g/mol. The molecule has 3 aromatic rings. The Bertz CT molecular complexity index is 1460. The van der Waals surface area contributed by atoms with Crippen molar-refractivity contribution in [2.24, 2.45) is 5.92 Å². The normalized spacial score (nSPS) is 18.2. The lowest BCUT2D eigenvalue weighted by Crippen LogP contribution is -2.17. The molecule has 0 spiro atoms. The van der Waals surface area contributed by atoms with Crippen molar-refractivity contribution in [2.75, 3.05) is 11.1 Å². The van der Waals surface area contributed by atoms with E-state index in [9.17, 15) is 35.9 Å². The minimum absolute atomic E-state index is 0.0252. The molecule has 0 saturated heterocycles. The van der Waals surface area contributed by atoms with Crippen molar-refractivity contribution in [3.05, 3.63) is 93.3 Å². The Kier molecular flexibility index (Phi) is 7.37. The van der Waals surface area contributed by atoms with Crippen molar-refractivity contribution in [3.63, 3.8) is 0 Å². The number of hydrogen-bond acceptors (Lipinski definition) is 3. The molecule has 0 bridgehead atoms. The van der Waals surface area contributed by atoms with E-state index in [4.69, 9.17) is 40.5 Å². The molecule has 0 radical (unpaired) electrons. The Hall–Kier alpha value is -2.95. The highest BCUT2D eigenvalue weighted by atomic mass is 35.5. The highest BCUT2D eigenvalue weighted by molar-refractivity contribution is 6.53. The van der Waals surface area contributed by atoms with Crippen LogP contribution in [-0.2, 0) is 17.4 Å². The van der Waals surface area contributed by atoms with Crippen molar-refractivity contribution in [2.45, 2.75) is 22.8 Å². The number of benzene rings is 3. The quantitative estimate of drug-likeness (QED) is 0.136. The topological polar surface area (TPSA) is 72.2 Å². The second-order valence-electron chi connectivity index (χ2n) is 8.62. The summed E-state index contributed by atoms with van der Waals surface area (Å²) in [7, 11) is 0. The first kappa shape index (κ1) is 28.1. The summed E-state index contributed by atoms with van der Waals surface area (Å²) in [5, 5.41) is 2.45. The van der Waals surface area contributed by atoms with Crippen molar-refractivity contribution < 1.29 is 35.9 Å². The number of halogens is 9. The summed E-state index contributed by atoms with van der Waals surface area (Å²) < 4.78 is 78.7. The fourth-order valence-electron chi connectivity index (χ4n) is 4.07. The number of carbonyl (C=O) groups is 2. The van der Waals surface area contributed by atoms with Crippen molar-refractivity contribution in [1.29, 1.82) is 0 Å². The van der Waals surface area contributed by atoms with Crippen LogP contribution in [0, 0.1) is 23.4 Å². The third kappa shape index (κ3) is 5.43. The summed E-state index contributed by atoms with van der Waals surface area (Å²) in [5.41, 5.74) is 3.26. The number of anilines is 2. The Morgan fingerprint density at radius 2 is 1.63 bits per heavy atom. The van der Waals surface area contributed by atoms with Crippen molar-refractivity contribution >= 4 is 57.9 Å². The first-order chi connectivity index (χ1) is 17.6. The Morgan fingerprint density at radius 1 is 0.947 bits per heavy atom. The smallest absolute Gasteiger partial charge is 0.396 e. The first-order valence-electron chi connectivity index (χ1n) is 10.7. The van der Waals surface area contributed by atoms with Crippen LogP contribution in [0.2, 0.25) is 5.02 Å². The molecule has 3 aromatic carbocycles. The third-order valence-corrected chi connectivity index (χ3v) is 7.31. The minimum atomic E-state index is -4.97. The second-order valence-corrected chi connectivity index (χ2v) is 10.5. The van der Waals surface area contributed by atoms with E-state index in [1.807, 2.05) is 0 Å². The zero-order valence-electron chi connectivity index (χ0n) is 18.8. The summed E-state index contributed by atoms with van der Waals surface area (Å²) >= 11 is 18.5.